The van der Waals surface area contributed by atoms with Crippen LogP contribution < -0.4 is 4.72 Å². The second-order valence-corrected chi connectivity index (χ2v) is 5.98. The number of carbonyl (C=O) groups is 1. The van der Waals surface area contributed by atoms with Crippen LogP contribution >= 0.6 is 0 Å². The van der Waals surface area contributed by atoms with Gasteiger partial charge in [0, 0.05) is 0 Å². The minimum absolute atomic E-state index is 0.00317. The molecule has 0 amide bonds. The third kappa shape index (κ3) is 2.54. The summed E-state index contributed by atoms with van der Waals surface area (Å²) < 4.78 is 26.6. The highest BCUT2D eigenvalue weighted by Crippen LogP contribution is 2.20. The fourth-order valence-electron chi connectivity index (χ4n) is 1.55. The van der Waals surface area contributed by atoms with E-state index in [0.29, 0.717) is 11.4 Å². The predicted molar refractivity (Wildman–Crippen MR) is 64.7 cm³/mol. The summed E-state index contributed by atoms with van der Waals surface area (Å²) in [5.74, 6) is -1.22. The first-order valence-electron chi connectivity index (χ1n) is 5.43. The van der Waals surface area contributed by atoms with E-state index < -0.39 is 21.5 Å². The van der Waals surface area contributed by atoms with Crippen molar-refractivity contribution in [2.45, 2.75) is 44.6 Å². The zero-order valence-electron chi connectivity index (χ0n) is 10.7. The molecule has 0 aliphatic heterocycles. The van der Waals surface area contributed by atoms with E-state index >= 15 is 0 Å². The number of nitrogens with one attached hydrogen (secondary N) is 2. The van der Waals surface area contributed by atoms with E-state index in [1.54, 1.807) is 20.8 Å². The maximum Gasteiger partial charge on any atom is 0.324 e. The summed E-state index contributed by atoms with van der Waals surface area (Å²) in [7, 11) is -3.92. The Morgan fingerprint density at radius 1 is 1.50 bits per heavy atom. The van der Waals surface area contributed by atoms with Gasteiger partial charge in [0.15, 0.2) is 0 Å². The highest BCUT2D eigenvalue weighted by Gasteiger charge is 2.37. The molecule has 1 aromatic rings. The molecule has 0 aliphatic carbocycles. The fraction of sp³-hybridized carbons (Fsp3) is 0.600. The number of aromatic amines is 1. The molecule has 1 atom stereocenters. The molecule has 1 rings (SSSR count). The van der Waals surface area contributed by atoms with Gasteiger partial charge in [-0.2, -0.15) is 9.82 Å². The van der Waals surface area contributed by atoms with Gasteiger partial charge in [-0.25, -0.2) is 8.42 Å². The number of aryl methyl sites for hydroxylation is 2. The average Bonchev–Trinajstić information content (AvgIpc) is 2.57. The number of carboxylic acid groups (broad SMARTS) is 1. The van der Waals surface area contributed by atoms with Gasteiger partial charge in [0.1, 0.15) is 10.4 Å². The minimum atomic E-state index is -3.92. The summed E-state index contributed by atoms with van der Waals surface area (Å²) in [4.78, 5) is 11.1. The van der Waals surface area contributed by atoms with E-state index in [0.717, 1.165) is 0 Å². The molecule has 0 fully saturated rings. The molecule has 0 aromatic carbocycles. The van der Waals surface area contributed by atoms with Crippen molar-refractivity contribution in [1.29, 1.82) is 0 Å². The van der Waals surface area contributed by atoms with Crippen molar-refractivity contribution in [2.24, 2.45) is 0 Å². The first kappa shape index (κ1) is 14.7. The van der Waals surface area contributed by atoms with Gasteiger partial charge in [0.2, 0.25) is 10.0 Å². The molecule has 0 radical (unpaired) electrons. The number of nitrogens with zero attached hydrogens (tertiary/aromatic N) is 1. The predicted octanol–water partition coefficient (Wildman–Crippen LogP) is 0.558. The van der Waals surface area contributed by atoms with Crippen LogP contribution in [-0.4, -0.2) is 35.2 Å². The van der Waals surface area contributed by atoms with Crippen molar-refractivity contribution in [1.82, 2.24) is 14.9 Å². The monoisotopic (exact) mass is 275 g/mol. The number of aliphatic carboxylic acids is 1. The topological polar surface area (TPSA) is 112 Å². The lowest BCUT2D eigenvalue weighted by Gasteiger charge is -2.24. The van der Waals surface area contributed by atoms with Gasteiger partial charge < -0.3 is 5.11 Å². The molecule has 1 aromatic heterocycles. The standard InChI is InChI=1S/C10H17N3O4S/c1-5-10(4,9(14)15)13-18(16,17)8-6(2)11-12-7(8)3/h13H,5H2,1-4H3,(H,11,12)(H,14,15). The summed E-state index contributed by atoms with van der Waals surface area (Å²) in [5.41, 5.74) is -0.845. The zero-order chi connectivity index (χ0) is 14.1. The van der Waals surface area contributed by atoms with Crippen molar-refractivity contribution in [3.63, 3.8) is 0 Å². The number of sulfonamides is 1. The number of H-pyrrole nitrogens is 1. The van der Waals surface area contributed by atoms with Crippen LogP contribution in [0, 0.1) is 13.8 Å². The van der Waals surface area contributed by atoms with Crippen molar-refractivity contribution in [3.05, 3.63) is 11.4 Å². The molecule has 8 heteroatoms. The molecule has 1 heterocycles. The first-order chi connectivity index (χ1) is 8.14. The van der Waals surface area contributed by atoms with E-state index in [1.165, 1.54) is 6.92 Å². The molecule has 102 valence electrons. The van der Waals surface area contributed by atoms with Gasteiger partial charge in [-0.15, -0.1) is 0 Å². The summed E-state index contributed by atoms with van der Waals surface area (Å²) in [6.45, 7) is 6.05. The van der Waals surface area contributed by atoms with Crippen molar-refractivity contribution in [2.75, 3.05) is 0 Å². The second-order valence-electron chi connectivity index (χ2n) is 4.36. The van der Waals surface area contributed by atoms with E-state index in [9.17, 15) is 13.2 Å². The summed E-state index contributed by atoms with van der Waals surface area (Å²) in [5, 5.41) is 15.4. The maximum atomic E-state index is 12.2. The molecule has 7 nitrogen and oxygen atoms in total. The van der Waals surface area contributed by atoms with Crippen molar-refractivity contribution < 1.29 is 18.3 Å². The molecule has 18 heavy (non-hydrogen) atoms. The van der Waals surface area contributed by atoms with Crippen LogP contribution in [0.4, 0.5) is 0 Å². The smallest absolute Gasteiger partial charge is 0.324 e. The van der Waals surface area contributed by atoms with Gasteiger partial charge in [0.05, 0.1) is 11.4 Å². The van der Waals surface area contributed by atoms with E-state index in [2.05, 4.69) is 14.9 Å². The molecule has 0 bridgehead atoms. The Kier molecular flexibility index (Phi) is 3.82. The Morgan fingerprint density at radius 3 is 2.39 bits per heavy atom. The largest absolute Gasteiger partial charge is 0.480 e. The lowest BCUT2D eigenvalue weighted by Crippen LogP contribution is -2.51. The average molecular weight is 275 g/mol. The maximum absolute atomic E-state index is 12.2. The van der Waals surface area contributed by atoms with E-state index in [4.69, 9.17) is 5.11 Å². The Bertz CT molecular complexity index is 544. The van der Waals surface area contributed by atoms with Crippen LogP contribution in [0.5, 0.6) is 0 Å². The van der Waals surface area contributed by atoms with Crippen LogP contribution in [-0.2, 0) is 14.8 Å². The van der Waals surface area contributed by atoms with Gasteiger partial charge >= 0.3 is 5.97 Å². The van der Waals surface area contributed by atoms with Crippen LogP contribution in [0.15, 0.2) is 4.90 Å². The summed E-state index contributed by atoms with van der Waals surface area (Å²) in [6.07, 6.45) is 0.136. The third-order valence-corrected chi connectivity index (χ3v) is 4.73. The fourth-order valence-corrected chi connectivity index (χ4v) is 3.36. The molecule has 0 saturated carbocycles. The van der Waals surface area contributed by atoms with Gasteiger partial charge in [-0.1, -0.05) is 6.92 Å². The Hall–Kier alpha value is -1.41. The molecular formula is C10H17N3O4S. The number of hydrogen-bond acceptors (Lipinski definition) is 4. The number of carboxylic acids is 1. The molecule has 0 aliphatic rings. The van der Waals surface area contributed by atoms with Crippen LogP contribution in [0.2, 0.25) is 0 Å². The van der Waals surface area contributed by atoms with Gasteiger partial charge in [0.25, 0.3) is 0 Å². The van der Waals surface area contributed by atoms with Crippen molar-refractivity contribution in [3.8, 4) is 0 Å². The molecule has 3 N–H and O–H groups in total. The number of aromatic nitrogens is 2. The van der Waals surface area contributed by atoms with Crippen molar-refractivity contribution >= 4 is 16.0 Å². The minimum Gasteiger partial charge on any atom is -0.480 e. The Labute approximate surface area is 106 Å². The highest BCUT2D eigenvalue weighted by molar-refractivity contribution is 7.89. The molecule has 0 spiro atoms. The Morgan fingerprint density at radius 2 is 2.06 bits per heavy atom. The highest BCUT2D eigenvalue weighted by atomic mass is 32.2. The molecule has 0 saturated heterocycles. The normalized spacial score (nSPS) is 15.3. The lowest BCUT2D eigenvalue weighted by molar-refractivity contribution is -0.143. The van der Waals surface area contributed by atoms with Crippen LogP contribution in [0.3, 0.4) is 0 Å². The zero-order valence-corrected chi connectivity index (χ0v) is 11.6. The third-order valence-electron chi connectivity index (χ3n) is 2.87. The summed E-state index contributed by atoms with van der Waals surface area (Å²) in [6, 6.07) is 0. The summed E-state index contributed by atoms with van der Waals surface area (Å²) >= 11 is 0. The lowest BCUT2D eigenvalue weighted by atomic mass is 10.0. The quantitative estimate of drug-likeness (QED) is 0.726. The second kappa shape index (κ2) is 4.69. The molecule has 1 unspecified atom stereocenters. The van der Waals surface area contributed by atoms with Gasteiger partial charge in [-0.3, -0.25) is 9.89 Å². The Balaban J connectivity index is 3.22. The first-order valence-corrected chi connectivity index (χ1v) is 6.91. The SMILES string of the molecule is CCC(C)(NS(=O)(=O)c1c(C)n[nH]c1C)C(=O)O. The number of hydrogen-bond donors (Lipinski definition) is 3. The van der Waals surface area contributed by atoms with E-state index in [-0.39, 0.29) is 11.3 Å². The van der Waals surface area contributed by atoms with E-state index in [1.807, 2.05) is 0 Å². The molecular weight excluding hydrogens is 258 g/mol. The van der Waals surface area contributed by atoms with Gasteiger partial charge in [-0.05, 0) is 27.2 Å². The van der Waals surface area contributed by atoms with Crippen LogP contribution in [0.25, 0.3) is 0 Å². The number of rotatable bonds is 5. The van der Waals surface area contributed by atoms with Crippen LogP contribution in [0.1, 0.15) is 31.7 Å².